The van der Waals surface area contributed by atoms with Crippen molar-refractivity contribution in [2.45, 2.75) is 25.0 Å². The van der Waals surface area contributed by atoms with Crippen LogP contribution in [0.3, 0.4) is 0 Å². The molecule has 1 saturated heterocycles. The molecule has 98 valence electrons. The molecule has 0 radical (unpaired) electrons. The quantitative estimate of drug-likeness (QED) is 0.831. The lowest BCUT2D eigenvalue weighted by molar-refractivity contribution is 0.0597. The maximum absolute atomic E-state index is 11.3. The second-order valence-corrected chi connectivity index (χ2v) is 4.50. The number of piperidine rings is 1. The zero-order valence-electron chi connectivity index (χ0n) is 10.8. The minimum atomic E-state index is -0.298. The first-order valence-electron chi connectivity index (χ1n) is 6.19. The Morgan fingerprint density at radius 1 is 1.28 bits per heavy atom. The molecule has 0 aromatic heterocycles. The van der Waals surface area contributed by atoms with Gasteiger partial charge in [-0.1, -0.05) is 12.1 Å². The van der Waals surface area contributed by atoms with E-state index in [0.29, 0.717) is 17.7 Å². The number of methoxy groups -OCH3 is 2. The van der Waals surface area contributed by atoms with E-state index in [2.05, 4.69) is 10.1 Å². The van der Waals surface area contributed by atoms with E-state index in [4.69, 9.17) is 4.74 Å². The number of nitrogens with one attached hydrogen (secondary N) is 1. The molecule has 0 amide bonds. The van der Waals surface area contributed by atoms with Gasteiger partial charge in [0, 0.05) is 13.2 Å². The lowest BCUT2D eigenvalue weighted by Crippen LogP contribution is -2.35. The molecule has 1 fully saturated rings. The molecule has 0 unspecified atom stereocenters. The fraction of sp³-hybridized carbons (Fsp3) is 0.500. The van der Waals surface area contributed by atoms with E-state index in [1.165, 1.54) is 12.7 Å². The molecule has 0 bridgehead atoms. The number of ether oxygens (including phenoxy) is 2. The van der Waals surface area contributed by atoms with Crippen molar-refractivity contribution >= 4 is 5.97 Å². The van der Waals surface area contributed by atoms with Crippen LogP contribution in [0.15, 0.2) is 24.3 Å². The molecule has 0 spiro atoms. The highest BCUT2D eigenvalue weighted by Gasteiger charge is 2.22. The van der Waals surface area contributed by atoms with Crippen molar-refractivity contribution < 1.29 is 14.3 Å². The van der Waals surface area contributed by atoms with Crippen LogP contribution in [0.2, 0.25) is 0 Å². The summed E-state index contributed by atoms with van der Waals surface area (Å²) in [7, 11) is 3.15. The molecule has 1 aromatic rings. The number of esters is 1. The van der Waals surface area contributed by atoms with Crippen molar-refractivity contribution in [1.29, 1.82) is 0 Å². The summed E-state index contributed by atoms with van der Waals surface area (Å²) in [6, 6.07) is 7.86. The van der Waals surface area contributed by atoms with Crippen LogP contribution in [0.4, 0.5) is 0 Å². The van der Waals surface area contributed by atoms with Crippen LogP contribution in [0, 0.1) is 0 Å². The van der Waals surface area contributed by atoms with Gasteiger partial charge in [-0.25, -0.2) is 4.79 Å². The molecular weight excluding hydrogens is 230 g/mol. The first-order chi connectivity index (χ1) is 8.74. The Labute approximate surface area is 107 Å². The number of carbonyl (C=O) groups excluding carboxylic acids is 1. The molecule has 1 aromatic carbocycles. The lowest BCUT2D eigenvalue weighted by atomic mass is 9.95. The third-order valence-corrected chi connectivity index (χ3v) is 3.42. The largest absolute Gasteiger partial charge is 0.465 e. The molecule has 1 N–H and O–H groups in total. The smallest absolute Gasteiger partial charge is 0.337 e. The van der Waals surface area contributed by atoms with Crippen molar-refractivity contribution in [3.63, 3.8) is 0 Å². The number of benzene rings is 1. The maximum atomic E-state index is 11.3. The summed E-state index contributed by atoms with van der Waals surface area (Å²) >= 11 is 0. The monoisotopic (exact) mass is 249 g/mol. The van der Waals surface area contributed by atoms with Crippen LogP contribution in [0.25, 0.3) is 0 Å². The second kappa shape index (κ2) is 5.98. The molecule has 4 nitrogen and oxygen atoms in total. The Morgan fingerprint density at radius 2 is 2.00 bits per heavy atom. The van der Waals surface area contributed by atoms with Crippen molar-refractivity contribution in [2.75, 3.05) is 20.8 Å². The third-order valence-electron chi connectivity index (χ3n) is 3.42. The summed E-state index contributed by atoms with van der Waals surface area (Å²) in [4.78, 5) is 11.3. The maximum Gasteiger partial charge on any atom is 0.337 e. The predicted molar refractivity (Wildman–Crippen MR) is 68.6 cm³/mol. The van der Waals surface area contributed by atoms with E-state index in [9.17, 15) is 4.79 Å². The Balaban J connectivity index is 2.07. The average molecular weight is 249 g/mol. The summed E-state index contributed by atoms with van der Waals surface area (Å²) < 4.78 is 10.1. The summed E-state index contributed by atoms with van der Waals surface area (Å²) in [5, 5.41) is 3.47. The van der Waals surface area contributed by atoms with Gasteiger partial charge < -0.3 is 14.8 Å². The Hall–Kier alpha value is -1.39. The van der Waals surface area contributed by atoms with E-state index in [-0.39, 0.29) is 5.97 Å². The van der Waals surface area contributed by atoms with Gasteiger partial charge in [-0.3, -0.25) is 0 Å². The highest BCUT2D eigenvalue weighted by Crippen LogP contribution is 2.24. The molecule has 4 heteroatoms. The van der Waals surface area contributed by atoms with Crippen molar-refractivity contribution in [1.82, 2.24) is 5.32 Å². The van der Waals surface area contributed by atoms with Crippen LogP contribution >= 0.6 is 0 Å². The van der Waals surface area contributed by atoms with Crippen molar-refractivity contribution in [3.05, 3.63) is 35.4 Å². The van der Waals surface area contributed by atoms with Gasteiger partial charge >= 0.3 is 5.97 Å². The molecule has 0 aliphatic carbocycles. The van der Waals surface area contributed by atoms with Crippen LogP contribution < -0.4 is 5.32 Å². The van der Waals surface area contributed by atoms with E-state index < -0.39 is 0 Å². The van der Waals surface area contributed by atoms with Gasteiger partial charge in [0.05, 0.1) is 18.8 Å². The van der Waals surface area contributed by atoms with Gasteiger partial charge in [-0.15, -0.1) is 0 Å². The highest BCUT2D eigenvalue weighted by atomic mass is 16.5. The number of carbonyl (C=O) groups is 1. The minimum Gasteiger partial charge on any atom is -0.465 e. The normalized spacial score (nSPS) is 23.7. The van der Waals surface area contributed by atoms with Crippen LogP contribution in [-0.2, 0) is 9.47 Å². The number of hydrogen-bond acceptors (Lipinski definition) is 4. The third kappa shape index (κ3) is 2.89. The fourth-order valence-electron chi connectivity index (χ4n) is 2.32. The van der Waals surface area contributed by atoms with Crippen LogP contribution in [-0.4, -0.2) is 32.8 Å². The van der Waals surface area contributed by atoms with Gasteiger partial charge in [0.15, 0.2) is 0 Å². The van der Waals surface area contributed by atoms with Gasteiger partial charge in [-0.05, 0) is 37.1 Å². The fourth-order valence-corrected chi connectivity index (χ4v) is 2.32. The summed E-state index contributed by atoms with van der Waals surface area (Å²) in [6.07, 6.45) is 2.33. The van der Waals surface area contributed by atoms with E-state index >= 15 is 0 Å². The van der Waals surface area contributed by atoms with E-state index in [0.717, 1.165) is 19.4 Å². The zero-order valence-corrected chi connectivity index (χ0v) is 10.8. The summed E-state index contributed by atoms with van der Waals surface area (Å²) in [5.74, 6) is -0.298. The van der Waals surface area contributed by atoms with Crippen LogP contribution in [0.5, 0.6) is 0 Å². The Morgan fingerprint density at radius 3 is 2.61 bits per heavy atom. The van der Waals surface area contributed by atoms with Crippen molar-refractivity contribution in [3.8, 4) is 0 Å². The summed E-state index contributed by atoms with van der Waals surface area (Å²) in [5.41, 5.74) is 1.77. The van der Waals surface area contributed by atoms with Crippen molar-refractivity contribution in [2.24, 2.45) is 0 Å². The van der Waals surface area contributed by atoms with Crippen LogP contribution in [0.1, 0.15) is 34.8 Å². The van der Waals surface area contributed by atoms with E-state index in [1.807, 2.05) is 12.1 Å². The minimum absolute atomic E-state index is 0.298. The number of hydrogen-bond donors (Lipinski definition) is 1. The number of rotatable bonds is 3. The van der Waals surface area contributed by atoms with Gasteiger partial charge in [-0.2, -0.15) is 0 Å². The highest BCUT2D eigenvalue weighted by molar-refractivity contribution is 5.89. The SMILES string of the molecule is COC(=O)c1ccc([C@@H]2C[C@@H](OC)CCN2)cc1. The first kappa shape index (κ1) is 13.1. The zero-order chi connectivity index (χ0) is 13.0. The molecule has 2 rings (SSSR count). The topological polar surface area (TPSA) is 47.6 Å². The van der Waals surface area contributed by atoms with E-state index in [1.54, 1.807) is 19.2 Å². The molecular formula is C14H19NO3. The predicted octanol–water partition coefficient (Wildman–Crippen LogP) is 1.91. The molecule has 0 saturated carbocycles. The standard InChI is InChI=1S/C14H19NO3/c1-17-12-7-8-15-13(9-12)10-3-5-11(6-4-10)14(16)18-2/h3-6,12-13,15H,7-9H2,1-2H3/t12-,13-/m0/s1. The molecule has 2 atom stereocenters. The second-order valence-electron chi connectivity index (χ2n) is 4.50. The lowest BCUT2D eigenvalue weighted by Gasteiger charge is -2.29. The van der Waals surface area contributed by atoms with Gasteiger partial charge in [0.25, 0.3) is 0 Å². The first-order valence-corrected chi connectivity index (χ1v) is 6.19. The molecule has 1 aliphatic rings. The molecule has 1 heterocycles. The van der Waals surface area contributed by atoms with Gasteiger partial charge in [0.1, 0.15) is 0 Å². The molecule has 18 heavy (non-hydrogen) atoms. The molecule has 1 aliphatic heterocycles. The average Bonchev–Trinajstić information content (AvgIpc) is 2.46. The summed E-state index contributed by atoms with van der Waals surface area (Å²) in [6.45, 7) is 0.960. The Kier molecular flexibility index (Phi) is 4.33. The van der Waals surface area contributed by atoms with Gasteiger partial charge in [0.2, 0.25) is 0 Å². The Bertz CT molecular complexity index is 402.